The maximum absolute atomic E-state index is 12.6. The molecule has 1 amide bonds. The Bertz CT molecular complexity index is 516. The number of carbonyl (C=O) groups is 2. The number of benzene rings is 1. The highest BCUT2D eigenvalue weighted by atomic mass is 16.5. The molecule has 0 saturated carbocycles. The summed E-state index contributed by atoms with van der Waals surface area (Å²) in [6.07, 6.45) is 1.12. The van der Waals surface area contributed by atoms with Crippen LogP contribution >= 0.6 is 0 Å². The van der Waals surface area contributed by atoms with E-state index in [-0.39, 0.29) is 17.8 Å². The lowest BCUT2D eigenvalue weighted by Gasteiger charge is -2.30. The molecule has 0 bridgehead atoms. The van der Waals surface area contributed by atoms with Crippen LogP contribution in [0.5, 0.6) is 0 Å². The second-order valence-electron chi connectivity index (χ2n) is 5.41. The molecule has 1 aliphatic heterocycles. The van der Waals surface area contributed by atoms with E-state index >= 15 is 0 Å². The molecule has 0 atom stereocenters. The van der Waals surface area contributed by atoms with Crippen molar-refractivity contribution in [3.8, 4) is 0 Å². The van der Waals surface area contributed by atoms with Gasteiger partial charge in [0, 0.05) is 24.6 Å². The quantitative estimate of drug-likeness (QED) is 0.780. The summed E-state index contributed by atoms with van der Waals surface area (Å²) in [6.45, 7) is 5.15. The summed E-state index contributed by atoms with van der Waals surface area (Å²) in [5.74, 6) is 0.215. The van der Waals surface area contributed by atoms with E-state index in [1.807, 2.05) is 32.0 Å². The molecule has 1 aromatic rings. The Balaban J connectivity index is 2.05. The zero-order valence-corrected chi connectivity index (χ0v) is 12.3. The molecule has 0 N–H and O–H groups in total. The van der Waals surface area contributed by atoms with Gasteiger partial charge in [0.2, 0.25) is 0 Å². The van der Waals surface area contributed by atoms with Crippen molar-refractivity contribution in [2.75, 3.05) is 20.2 Å². The molecule has 4 nitrogen and oxygen atoms in total. The molecule has 0 radical (unpaired) electrons. The second-order valence-corrected chi connectivity index (χ2v) is 5.41. The zero-order chi connectivity index (χ0) is 14.7. The van der Waals surface area contributed by atoms with Gasteiger partial charge in [-0.15, -0.1) is 0 Å². The van der Waals surface area contributed by atoms with Crippen molar-refractivity contribution in [2.24, 2.45) is 5.92 Å². The van der Waals surface area contributed by atoms with Gasteiger partial charge in [-0.1, -0.05) is 17.7 Å². The molecule has 0 aromatic heterocycles. The first-order valence-electron chi connectivity index (χ1n) is 6.97. The number of likely N-dealkylation sites (tertiary alicyclic amines) is 1. The minimum absolute atomic E-state index is 0.0106. The third kappa shape index (κ3) is 3.00. The van der Waals surface area contributed by atoms with Crippen LogP contribution < -0.4 is 0 Å². The first-order valence-corrected chi connectivity index (χ1v) is 6.97. The van der Waals surface area contributed by atoms with Crippen LogP contribution in [0.4, 0.5) is 4.79 Å². The third-order valence-electron chi connectivity index (χ3n) is 3.96. The standard InChI is InChI=1S/C16H21NO3/c1-11-4-5-12(2)14(10-11)15(18)13-6-8-17(9-7-13)16(19)20-3/h4-5,10,13H,6-9H2,1-3H3. The largest absolute Gasteiger partial charge is 0.453 e. The molecule has 1 heterocycles. The molecule has 20 heavy (non-hydrogen) atoms. The predicted octanol–water partition coefficient (Wildman–Crippen LogP) is 2.96. The predicted molar refractivity (Wildman–Crippen MR) is 76.9 cm³/mol. The maximum Gasteiger partial charge on any atom is 0.409 e. The molecule has 0 aliphatic carbocycles. The molecule has 108 valence electrons. The van der Waals surface area contributed by atoms with Gasteiger partial charge in [-0.05, 0) is 38.3 Å². The Labute approximate surface area is 119 Å². The molecule has 2 rings (SSSR count). The van der Waals surface area contributed by atoms with E-state index < -0.39 is 0 Å². The van der Waals surface area contributed by atoms with Crippen molar-refractivity contribution in [2.45, 2.75) is 26.7 Å². The van der Waals surface area contributed by atoms with Gasteiger partial charge in [0.15, 0.2) is 5.78 Å². The van der Waals surface area contributed by atoms with E-state index in [9.17, 15) is 9.59 Å². The third-order valence-corrected chi connectivity index (χ3v) is 3.96. The number of nitrogens with zero attached hydrogens (tertiary/aromatic N) is 1. The van der Waals surface area contributed by atoms with Gasteiger partial charge in [0.05, 0.1) is 7.11 Å². The Morgan fingerprint density at radius 1 is 1.20 bits per heavy atom. The molecule has 0 unspecified atom stereocenters. The number of rotatable bonds is 2. The Hall–Kier alpha value is -1.84. The highest BCUT2D eigenvalue weighted by molar-refractivity contribution is 5.99. The summed E-state index contributed by atoms with van der Waals surface area (Å²) >= 11 is 0. The molecule has 1 fully saturated rings. The fourth-order valence-corrected chi connectivity index (χ4v) is 2.67. The average Bonchev–Trinajstić information content (AvgIpc) is 2.48. The minimum Gasteiger partial charge on any atom is -0.453 e. The number of ketones is 1. The average molecular weight is 275 g/mol. The van der Waals surface area contributed by atoms with Crippen LogP contribution in [-0.4, -0.2) is 37.0 Å². The number of ether oxygens (including phenoxy) is 1. The van der Waals surface area contributed by atoms with Gasteiger partial charge in [-0.2, -0.15) is 0 Å². The number of aryl methyl sites for hydroxylation is 2. The number of hydrogen-bond acceptors (Lipinski definition) is 3. The van der Waals surface area contributed by atoms with Crippen LogP contribution in [0.3, 0.4) is 0 Å². The fraction of sp³-hybridized carbons (Fsp3) is 0.500. The van der Waals surface area contributed by atoms with Crippen molar-refractivity contribution in [3.05, 3.63) is 34.9 Å². The van der Waals surface area contributed by atoms with Gasteiger partial charge in [-0.25, -0.2) is 4.79 Å². The summed E-state index contributed by atoms with van der Waals surface area (Å²) in [7, 11) is 1.38. The summed E-state index contributed by atoms with van der Waals surface area (Å²) in [4.78, 5) is 25.7. The number of Topliss-reactive ketones (excluding diaryl/α,β-unsaturated/α-hetero) is 1. The summed E-state index contributed by atoms with van der Waals surface area (Å²) in [5.41, 5.74) is 2.95. The van der Waals surface area contributed by atoms with Crippen LogP contribution in [0.1, 0.15) is 34.3 Å². The highest BCUT2D eigenvalue weighted by Crippen LogP contribution is 2.24. The van der Waals surface area contributed by atoms with E-state index in [1.54, 1.807) is 4.90 Å². The van der Waals surface area contributed by atoms with Gasteiger partial charge >= 0.3 is 6.09 Å². The first-order chi connectivity index (χ1) is 9.52. The number of piperidine rings is 1. The molecule has 1 saturated heterocycles. The topological polar surface area (TPSA) is 46.6 Å². The van der Waals surface area contributed by atoms with Crippen LogP contribution in [0.25, 0.3) is 0 Å². The number of methoxy groups -OCH3 is 1. The van der Waals surface area contributed by atoms with E-state index in [2.05, 4.69) is 0 Å². The maximum atomic E-state index is 12.6. The highest BCUT2D eigenvalue weighted by Gasteiger charge is 2.28. The molecular weight excluding hydrogens is 254 g/mol. The number of hydrogen-bond donors (Lipinski definition) is 0. The molecule has 1 aliphatic rings. The summed E-state index contributed by atoms with van der Waals surface area (Å²) in [5, 5.41) is 0. The number of amides is 1. The monoisotopic (exact) mass is 275 g/mol. The smallest absolute Gasteiger partial charge is 0.409 e. The Morgan fingerprint density at radius 2 is 1.85 bits per heavy atom. The zero-order valence-electron chi connectivity index (χ0n) is 12.3. The van der Waals surface area contributed by atoms with Gasteiger partial charge in [0.25, 0.3) is 0 Å². The SMILES string of the molecule is COC(=O)N1CCC(C(=O)c2cc(C)ccc2C)CC1. The summed E-state index contributed by atoms with van der Waals surface area (Å²) < 4.78 is 4.71. The van der Waals surface area contributed by atoms with Crippen LogP contribution in [0.2, 0.25) is 0 Å². The fourth-order valence-electron chi connectivity index (χ4n) is 2.67. The molecule has 4 heteroatoms. The van der Waals surface area contributed by atoms with E-state index in [0.717, 1.165) is 16.7 Å². The molecule has 0 spiro atoms. The van der Waals surface area contributed by atoms with Crippen molar-refractivity contribution in [3.63, 3.8) is 0 Å². The van der Waals surface area contributed by atoms with Crippen molar-refractivity contribution < 1.29 is 14.3 Å². The second kappa shape index (κ2) is 6.07. The van der Waals surface area contributed by atoms with E-state index in [0.29, 0.717) is 25.9 Å². The van der Waals surface area contributed by atoms with Crippen LogP contribution in [0, 0.1) is 19.8 Å². The summed E-state index contributed by atoms with van der Waals surface area (Å²) in [6, 6.07) is 5.97. The van der Waals surface area contributed by atoms with Crippen molar-refractivity contribution in [1.29, 1.82) is 0 Å². The normalized spacial score (nSPS) is 16.1. The Kier molecular flexibility index (Phi) is 4.42. The Morgan fingerprint density at radius 3 is 2.45 bits per heavy atom. The van der Waals surface area contributed by atoms with Crippen LogP contribution in [-0.2, 0) is 4.74 Å². The molecule has 1 aromatic carbocycles. The van der Waals surface area contributed by atoms with Crippen molar-refractivity contribution >= 4 is 11.9 Å². The first kappa shape index (κ1) is 14.6. The molecular formula is C16H21NO3. The number of carbonyl (C=O) groups excluding carboxylic acids is 2. The van der Waals surface area contributed by atoms with Crippen molar-refractivity contribution in [1.82, 2.24) is 4.90 Å². The lowest BCUT2D eigenvalue weighted by Crippen LogP contribution is -2.40. The van der Waals surface area contributed by atoms with E-state index in [4.69, 9.17) is 4.74 Å². The van der Waals surface area contributed by atoms with E-state index in [1.165, 1.54) is 7.11 Å². The minimum atomic E-state index is -0.303. The van der Waals surface area contributed by atoms with Gasteiger partial charge in [0.1, 0.15) is 0 Å². The lowest BCUT2D eigenvalue weighted by molar-refractivity contribution is 0.0792. The van der Waals surface area contributed by atoms with Crippen LogP contribution in [0.15, 0.2) is 18.2 Å². The van der Waals surface area contributed by atoms with Gasteiger partial charge < -0.3 is 9.64 Å². The van der Waals surface area contributed by atoms with Gasteiger partial charge in [-0.3, -0.25) is 4.79 Å². The lowest BCUT2D eigenvalue weighted by atomic mass is 9.87.